The zero-order chi connectivity index (χ0) is 12.5. The molecule has 92 valence electrons. The lowest BCUT2D eigenvalue weighted by Gasteiger charge is -2.41. The zero-order valence-corrected chi connectivity index (χ0v) is 11.5. The van der Waals surface area contributed by atoms with E-state index in [0.717, 1.165) is 24.1 Å². The van der Waals surface area contributed by atoms with Crippen LogP contribution < -0.4 is 15.1 Å². The maximum Gasteiger partial charge on any atom is 0.182 e. The van der Waals surface area contributed by atoms with E-state index in [1.54, 1.807) is 0 Å². The van der Waals surface area contributed by atoms with E-state index in [9.17, 15) is 0 Å². The minimum Gasteiger partial charge on any atom is -0.315 e. The van der Waals surface area contributed by atoms with Crippen molar-refractivity contribution in [2.75, 3.05) is 18.2 Å². The minimum absolute atomic E-state index is 0.218. The molecule has 0 spiro atoms. The normalized spacial score (nSPS) is 21.2. The first-order chi connectivity index (χ1) is 7.98. The fraction of sp³-hybridized carbons (Fsp3) is 0.462. The fourth-order valence-corrected chi connectivity index (χ4v) is 2.16. The molecule has 1 saturated heterocycles. The van der Waals surface area contributed by atoms with Crippen LogP contribution in [0, 0.1) is 0 Å². The molecule has 1 aromatic carbocycles. The molecule has 0 aromatic heterocycles. The average Bonchev–Trinajstić information content (AvgIpc) is 2.29. The summed E-state index contributed by atoms with van der Waals surface area (Å²) in [7, 11) is 0. The third-order valence-corrected chi connectivity index (χ3v) is 3.54. The van der Waals surface area contributed by atoms with Gasteiger partial charge in [0.2, 0.25) is 0 Å². The number of para-hydroxylation sites is 1. The Morgan fingerprint density at radius 1 is 1.24 bits per heavy atom. The highest BCUT2D eigenvalue weighted by Crippen LogP contribution is 2.13. The van der Waals surface area contributed by atoms with Gasteiger partial charge in [0.05, 0.1) is 5.54 Å². The summed E-state index contributed by atoms with van der Waals surface area (Å²) >= 11 is 5.39. The van der Waals surface area contributed by atoms with E-state index in [2.05, 4.69) is 43.1 Å². The highest BCUT2D eigenvalue weighted by atomic mass is 32.1. The van der Waals surface area contributed by atoms with E-state index < -0.39 is 0 Å². The lowest BCUT2D eigenvalue weighted by molar-refractivity contribution is -0.949. The summed E-state index contributed by atoms with van der Waals surface area (Å²) in [4.78, 5) is 3.65. The van der Waals surface area contributed by atoms with Crippen molar-refractivity contribution in [1.82, 2.24) is 5.32 Å². The van der Waals surface area contributed by atoms with Crippen LogP contribution in [0.1, 0.15) is 20.8 Å². The number of hydrogen-bond donors (Lipinski definition) is 2. The van der Waals surface area contributed by atoms with Gasteiger partial charge in [0.25, 0.3) is 0 Å². The van der Waals surface area contributed by atoms with Crippen LogP contribution in [0.25, 0.3) is 0 Å². The summed E-state index contributed by atoms with van der Waals surface area (Å²) in [6.07, 6.45) is 0. The zero-order valence-electron chi connectivity index (χ0n) is 10.7. The first-order valence-corrected chi connectivity index (χ1v) is 6.35. The van der Waals surface area contributed by atoms with Gasteiger partial charge in [-0.15, -0.1) is 0 Å². The maximum absolute atomic E-state index is 5.39. The molecular formula is C13H20N3S+. The second kappa shape index (κ2) is 4.63. The average molecular weight is 250 g/mol. The highest BCUT2D eigenvalue weighted by molar-refractivity contribution is 7.80. The predicted octanol–water partition coefficient (Wildman–Crippen LogP) is 0.979. The minimum atomic E-state index is 0.218. The van der Waals surface area contributed by atoms with Crippen LogP contribution in [-0.4, -0.2) is 24.0 Å². The monoisotopic (exact) mass is 250 g/mol. The molecule has 17 heavy (non-hydrogen) atoms. The smallest absolute Gasteiger partial charge is 0.182 e. The number of rotatable bonds is 1. The number of quaternary nitrogens is 1. The van der Waals surface area contributed by atoms with Crippen LogP contribution in [0.2, 0.25) is 0 Å². The Balaban J connectivity index is 2.19. The first-order valence-electron chi connectivity index (χ1n) is 5.94. The van der Waals surface area contributed by atoms with Crippen molar-refractivity contribution in [1.29, 1.82) is 0 Å². The number of nitrogens with one attached hydrogen (secondary N) is 2. The summed E-state index contributed by atoms with van der Waals surface area (Å²) in [5.74, 6) is 0. The first kappa shape index (κ1) is 12.3. The number of thiocarbonyl (C=S) groups is 1. The molecule has 2 N–H and O–H groups in total. The van der Waals surface area contributed by atoms with E-state index in [1.807, 2.05) is 18.2 Å². The van der Waals surface area contributed by atoms with Gasteiger partial charge in [-0.05, 0) is 45.1 Å². The fourth-order valence-electron chi connectivity index (χ4n) is 1.92. The van der Waals surface area contributed by atoms with Crippen LogP contribution in [0.5, 0.6) is 0 Å². The topological polar surface area (TPSA) is 19.7 Å². The lowest BCUT2D eigenvalue weighted by atomic mass is 10.1. The standard InChI is InChI=1S/C13H19N3S/c1-13(2,3)15-9-14-12(17)16(10-15)11-7-5-4-6-8-11/h4-8H,9-10H2,1-3H3,(H,14,17)/p+1. The number of hydrogen-bond acceptors (Lipinski definition) is 1. The van der Waals surface area contributed by atoms with Crippen molar-refractivity contribution in [2.45, 2.75) is 26.3 Å². The van der Waals surface area contributed by atoms with Crippen LogP contribution in [0.15, 0.2) is 30.3 Å². The van der Waals surface area contributed by atoms with Gasteiger partial charge in [-0.2, -0.15) is 0 Å². The number of benzene rings is 1. The Bertz CT molecular complexity index is 397. The van der Waals surface area contributed by atoms with E-state index in [1.165, 1.54) is 4.90 Å². The molecule has 1 heterocycles. The van der Waals surface area contributed by atoms with Gasteiger partial charge in [0, 0.05) is 5.69 Å². The Morgan fingerprint density at radius 2 is 1.88 bits per heavy atom. The molecule has 2 rings (SSSR count). The van der Waals surface area contributed by atoms with Gasteiger partial charge in [-0.1, -0.05) is 18.2 Å². The molecule has 1 aliphatic heterocycles. The molecule has 3 nitrogen and oxygen atoms in total. The summed E-state index contributed by atoms with van der Waals surface area (Å²) in [6.45, 7) is 8.57. The molecule has 0 amide bonds. The number of nitrogens with zero attached hydrogens (tertiary/aromatic N) is 1. The molecule has 0 radical (unpaired) electrons. The van der Waals surface area contributed by atoms with Crippen molar-refractivity contribution in [3.63, 3.8) is 0 Å². The SMILES string of the molecule is CC(C)(C)[NH+]1CNC(=S)N(c2ccccc2)C1. The van der Waals surface area contributed by atoms with Crippen LogP contribution in [-0.2, 0) is 0 Å². The Labute approximate surface area is 108 Å². The van der Waals surface area contributed by atoms with E-state index in [4.69, 9.17) is 12.2 Å². The van der Waals surface area contributed by atoms with Crippen molar-refractivity contribution in [3.8, 4) is 0 Å². The van der Waals surface area contributed by atoms with Crippen molar-refractivity contribution < 1.29 is 4.90 Å². The van der Waals surface area contributed by atoms with E-state index in [0.29, 0.717) is 0 Å². The summed E-state index contributed by atoms with van der Waals surface area (Å²) in [6, 6.07) is 10.3. The van der Waals surface area contributed by atoms with Crippen molar-refractivity contribution in [3.05, 3.63) is 30.3 Å². The third-order valence-electron chi connectivity index (χ3n) is 3.18. The second-order valence-electron chi connectivity index (χ2n) is 5.43. The van der Waals surface area contributed by atoms with Gasteiger partial charge in [0.15, 0.2) is 18.4 Å². The maximum atomic E-state index is 5.39. The highest BCUT2D eigenvalue weighted by Gasteiger charge is 2.32. The predicted molar refractivity (Wildman–Crippen MR) is 75.1 cm³/mol. The van der Waals surface area contributed by atoms with Crippen LogP contribution in [0.3, 0.4) is 0 Å². The molecular weight excluding hydrogens is 230 g/mol. The molecule has 1 aliphatic rings. The Kier molecular flexibility index (Phi) is 3.35. The molecule has 1 aromatic rings. The van der Waals surface area contributed by atoms with Gasteiger partial charge < -0.3 is 5.32 Å². The van der Waals surface area contributed by atoms with E-state index in [-0.39, 0.29) is 5.54 Å². The van der Waals surface area contributed by atoms with Crippen LogP contribution in [0.4, 0.5) is 5.69 Å². The summed E-state index contributed by atoms with van der Waals surface area (Å²) in [5.41, 5.74) is 1.38. The van der Waals surface area contributed by atoms with Gasteiger partial charge >= 0.3 is 0 Å². The summed E-state index contributed by atoms with van der Waals surface area (Å²) in [5, 5.41) is 4.13. The molecule has 4 heteroatoms. The van der Waals surface area contributed by atoms with Crippen molar-refractivity contribution in [2.24, 2.45) is 0 Å². The molecule has 1 unspecified atom stereocenters. The molecule has 1 fully saturated rings. The second-order valence-corrected chi connectivity index (χ2v) is 5.82. The van der Waals surface area contributed by atoms with Gasteiger partial charge in [-0.25, -0.2) is 0 Å². The molecule has 1 atom stereocenters. The lowest BCUT2D eigenvalue weighted by Crippen LogP contribution is -3.23. The largest absolute Gasteiger partial charge is 0.315 e. The third kappa shape index (κ3) is 2.76. The van der Waals surface area contributed by atoms with E-state index >= 15 is 0 Å². The van der Waals surface area contributed by atoms with Gasteiger partial charge in [-0.3, -0.25) is 9.80 Å². The Hall–Kier alpha value is -1.13. The number of anilines is 1. The summed E-state index contributed by atoms with van der Waals surface area (Å²) < 4.78 is 0. The molecule has 0 aliphatic carbocycles. The quantitative estimate of drug-likeness (QED) is 0.725. The van der Waals surface area contributed by atoms with Crippen molar-refractivity contribution >= 4 is 23.0 Å². The molecule has 0 saturated carbocycles. The Morgan fingerprint density at radius 3 is 2.47 bits per heavy atom. The van der Waals surface area contributed by atoms with Gasteiger partial charge in [0.1, 0.15) is 0 Å². The molecule has 0 bridgehead atoms. The van der Waals surface area contributed by atoms with Crippen LogP contribution >= 0.6 is 12.2 Å².